The molecule has 0 aromatic heterocycles. The summed E-state index contributed by atoms with van der Waals surface area (Å²) in [6.45, 7) is 0. The summed E-state index contributed by atoms with van der Waals surface area (Å²) in [7, 11) is -17.6. The van der Waals surface area contributed by atoms with E-state index in [1.807, 2.05) is 0 Å². The number of rotatable bonds is 8. The van der Waals surface area contributed by atoms with Crippen LogP contribution in [0.2, 0.25) is 0 Å². The normalized spacial score (nSPS) is 18.7. The zero-order valence-electron chi connectivity index (χ0n) is 9.61. The summed E-state index contributed by atoms with van der Waals surface area (Å²) in [6.07, 6.45) is -3.82. The predicted molar refractivity (Wildman–Crippen MR) is 56.0 cm³/mol. The van der Waals surface area contributed by atoms with Gasteiger partial charge >= 0.3 is 43.0 Å². The first kappa shape index (κ1) is 21.4. The molecule has 2 atom stereocenters. The van der Waals surface area contributed by atoms with Crippen LogP contribution in [-0.4, -0.2) is 77.4 Å². The maximum absolute atomic E-state index is 10.4. The van der Waals surface area contributed by atoms with Gasteiger partial charge in [0.25, 0.3) is 0 Å². The molecule has 0 saturated carbocycles. The lowest BCUT2D eigenvalue weighted by Crippen LogP contribution is -2.66. The van der Waals surface area contributed by atoms with Gasteiger partial charge in [0.2, 0.25) is 6.29 Å². The smallest absolute Gasteiger partial charge is 0.362 e. The predicted octanol–water partition coefficient (Wildman–Crippen LogP) is -4.91. The van der Waals surface area contributed by atoms with E-state index in [0.717, 1.165) is 0 Å². The minimum absolute atomic E-state index is 2.94. The van der Waals surface area contributed by atoms with Gasteiger partial charge in [0.05, 0.1) is 0 Å². The molecule has 0 aliphatic rings. The van der Waals surface area contributed by atoms with Gasteiger partial charge in [-0.3, -0.25) is 13.7 Å². The number of aliphatic hydroxyl groups excluding tert-OH is 1. The summed E-state index contributed by atoms with van der Waals surface area (Å²) in [4.78, 5) is 0. The highest BCUT2D eigenvalue weighted by molar-refractivity contribution is 7.81. The van der Waals surface area contributed by atoms with Crippen molar-refractivity contribution >= 4 is 31.2 Å². The van der Waals surface area contributed by atoms with Crippen LogP contribution >= 0.6 is 0 Å². The van der Waals surface area contributed by atoms with Crippen molar-refractivity contribution in [2.45, 2.75) is 18.1 Å². The molecule has 0 spiro atoms. The van der Waals surface area contributed by atoms with Gasteiger partial charge in [-0.25, -0.2) is 4.18 Å². The number of hydrogen-bond donors (Lipinski definition) is 7. The van der Waals surface area contributed by atoms with Crippen LogP contribution < -0.4 is 0 Å². The molecule has 0 aromatic rings. The number of hydrogen-bond acceptors (Lipinski definition) is 13. The van der Waals surface area contributed by atoms with E-state index >= 15 is 0 Å². The minimum Gasteiger partial charge on any atom is -0.362 e. The second-order valence-electron chi connectivity index (χ2n) is 3.20. The average molecular weight is 396 g/mol. The maximum Gasteiger partial charge on any atom is 0.402 e. The molecule has 0 radical (unpaired) electrons. The van der Waals surface area contributed by atoms with Gasteiger partial charge in [0, 0.05) is 0 Å². The molecule has 19 heteroatoms. The second kappa shape index (κ2) is 6.16. The molecule has 22 heavy (non-hydrogen) atoms. The summed E-state index contributed by atoms with van der Waals surface area (Å²) in [5.74, 6) is -9.80. The van der Waals surface area contributed by atoms with Crippen molar-refractivity contribution in [1.29, 1.82) is 0 Å². The Kier molecular flexibility index (Phi) is 6.00. The molecule has 0 heterocycles. The van der Waals surface area contributed by atoms with E-state index in [0.29, 0.717) is 0 Å². The molecule has 2 unspecified atom stereocenters. The monoisotopic (exact) mass is 396 g/mol. The van der Waals surface area contributed by atoms with E-state index in [9.17, 15) is 30.4 Å². The Hall–Kier alpha value is -0.550. The Morgan fingerprint density at radius 3 is 1.36 bits per heavy atom. The van der Waals surface area contributed by atoms with Crippen LogP contribution in [0.1, 0.15) is 0 Å². The molecule has 16 nitrogen and oxygen atoms in total. The van der Waals surface area contributed by atoms with E-state index in [1.54, 1.807) is 0 Å². The van der Waals surface area contributed by atoms with Crippen LogP contribution in [0.15, 0.2) is 0 Å². The van der Waals surface area contributed by atoms with Crippen molar-refractivity contribution in [2.24, 2.45) is 0 Å². The van der Waals surface area contributed by atoms with E-state index in [4.69, 9.17) is 29.0 Å². The van der Waals surface area contributed by atoms with E-state index in [-0.39, 0.29) is 0 Å². The van der Waals surface area contributed by atoms with Crippen molar-refractivity contribution in [3.05, 3.63) is 0 Å². The fourth-order valence-electron chi connectivity index (χ4n) is 0.804. The summed E-state index contributed by atoms with van der Waals surface area (Å²) in [5, 5.41) is 36.4. The summed E-state index contributed by atoms with van der Waals surface area (Å²) in [6, 6.07) is 0. The zero-order chi connectivity index (χ0) is 18.2. The minimum atomic E-state index is -5.96. The summed E-state index contributed by atoms with van der Waals surface area (Å²) in [5.41, 5.74) is 0. The van der Waals surface area contributed by atoms with E-state index < -0.39 is 49.2 Å². The summed E-state index contributed by atoms with van der Waals surface area (Å²) >= 11 is 0. The Morgan fingerprint density at radius 2 is 1.09 bits per heavy atom. The van der Waals surface area contributed by atoms with Crippen LogP contribution in [0.25, 0.3) is 0 Å². The van der Waals surface area contributed by atoms with Crippen LogP contribution in [0.4, 0.5) is 0 Å². The van der Waals surface area contributed by atoms with Crippen molar-refractivity contribution < 1.29 is 71.9 Å². The van der Waals surface area contributed by atoms with Gasteiger partial charge in [-0.15, -0.1) is 0 Å². The molecule has 0 bridgehead atoms. The van der Waals surface area contributed by atoms with Gasteiger partial charge in [-0.1, -0.05) is 0 Å². The second-order valence-corrected chi connectivity index (χ2v) is 6.30. The van der Waals surface area contributed by atoms with Crippen molar-refractivity contribution in [2.75, 3.05) is 0 Å². The van der Waals surface area contributed by atoms with Crippen LogP contribution in [0.3, 0.4) is 0 Å². The first-order valence-corrected chi connectivity index (χ1v) is 8.25. The SMILES string of the molecule is O=S(=O)(O)OC(O)C(O)(OS(=O)(=O)O)C(O)(O)OS(=O)(=O)O. The molecular formula is C3H8O16S3. The first-order chi connectivity index (χ1) is 9.29. The highest BCUT2D eigenvalue weighted by Crippen LogP contribution is 2.31. The van der Waals surface area contributed by atoms with Gasteiger partial charge < -0.3 is 20.4 Å². The third-order valence-corrected chi connectivity index (χ3v) is 2.80. The molecule has 0 fully saturated rings. The Balaban J connectivity index is 6.01. The van der Waals surface area contributed by atoms with Gasteiger partial charge in [0.15, 0.2) is 0 Å². The van der Waals surface area contributed by atoms with Crippen molar-refractivity contribution in [3.8, 4) is 0 Å². The average Bonchev–Trinajstić information content (AvgIpc) is 2.06. The molecule has 0 aliphatic carbocycles. The third kappa shape index (κ3) is 6.69. The van der Waals surface area contributed by atoms with Gasteiger partial charge in [-0.2, -0.15) is 33.6 Å². The molecule has 0 rings (SSSR count). The molecule has 0 aliphatic heterocycles. The molecule has 7 N–H and O–H groups in total. The topological polar surface area (TPSA) is 272 Å². The van der Waals surface area contributed by atoms with Crippen LogP contribution in [-0.2, 0) is 43.7 Å². The fraction of sp³-hybridized carbons (Fsp3) is 1.00. The molecule has 0 aromatic carbocycles. The van der Waals surface area contributed by atoms with Gasteiger partial charge in [0.1, 0.15) is 0 Å². The quantitative estimate of drug-likeness (QED) is 0.149. The number of aliphatic hydroxyl groups is 4. The Bertz CT molecular complexity index is 696. The molecule has 134 valence electrons. The van der Waals surface area contributed by atoms with E-state index in [1.165, 1.54) is 0 Å². The van der Waals surface area contributed by atoms with Gasteiger partial charge in [-0.05, 0) is 0 Å². The Labute approximate surface area is 121 Å². The lowest BCUT2D eigenvalue weighted by atomic mass is 10.2. The maximum atomic E-state index is 10.4. The highest BCUT2D eigenvalue weighted by atomic mass is 32.3. The largest absolute Gasteiger partial charge is 0.402 e. The lowest BCUT2D eigenvalue weighted by Gasteiger charge is -2.36. The fourth-order valence-corrected chi connectivity index (χ4v) is 2.09. The first-order valence-electron chi connectivity index (χ1n) is 4.16. The summed E-state index contributed by atoms with van der Waals surface area (Å²) < 4.78 is 95.9. The molecular weight excluding hydrogens is 388 g/mol. The standard InChI is InChI=1S/C3H8O16S3/c4-1(17-20(8,9)10)2(5,18-21(11,12)13)3(6,7)19-22(14,15)16/h1,4-7H,(H,8,9,10)(H,11,12,13)(H,14,15,16). The lowest BCUT2D eigenvalue weighted by molar-refractivity contribution is -0.459. The Morgan fingerprint density at radius 1 is 0.727 bits per heavy atom. The molecule has 0 amide bonds. The highest BCUT2D eigenvalue weighted by Gasteiger charge is 2.64. The van der Waals surface area contributed by atoms with E-state index in [2.05, 4.69) is 12.5 Å². The molecule has 0 saturated heterocycles. The third-order valence-electron chi connectivity index (χ3n) is 1.47. The zero-order valence-corrected chi connectivity index (χ0v) is 12.1. The van der Waals surface area contributed by atoms with Crippen LogP contribution in [0.5, 0.6) is 0 Å². The van der Waals surface area contributed by atoms with Crippen molar-refractivity contribution in [1.82, 2.24) is 0 Å². The van der Waals surface area contributed by atoms with Crippen molar-refractivity contribution in [3.63, 3.8) is 0 Å². The van der Waals surface area contributed by atoms with Crippen LogP contribution in [0, 0.1) is 0 Å².